The van der Waals surface area contributed by atoms with Crippen LogP contribution in [0.1, 0.15) is 94.3 Å². The number of carbonyl (C=O) groups excluding carboxylic acids is 2. The average molecular weight is 524 g/mol. The fourth-order valence-corrected chi connectivity index (χ4v) is 7.76. The summed E-state index contributed by atoms with van der Waals surface area (Å²) in [5.74, 6) is 0.901. The molecule has 12 heteroatoms. The fourth-order valence-electron chi connectivity index (χ4n) is 5.68. The number of fused-ring (bicyclic) bond motifs is 2. The number of amides is 2. The van der Waals surface area contributed by atoms with Gasteiger partial charge in [-0.15, -0.1) is 0 Å². The third-order valence-corrected chi connectivity index (χ3v) is 9.66. The highest BCUT2D eigenvalue weighted by atomic mass is 32.2. The molecule has 200 valence electrons. The van der Waals surface area contributed by atoms with E-state index in [1.54, 1.807) is 14.7 Å². The lowest BCUT2D eigenvalue weighted by Crippen LogP contribution is -2.57. The van der Waals surface area contributed by atoms with Crippen LogP contribution in [0.3, 0.4) is 0 Å². The first-order valence-corrected chi connectivity index (χ1v) is 14.4. The molecule has 11 nitrogen and oxygen atoms in total. The monoisotopic (exact) mass is 523 g/mol. The van der Waals surface area contributed by atoms with Crippen molar-refractivity contribution in [3.63, 3.8) is 0 Å². The zero-order valence-corrected chi connectivity index (χ0v) is 22.1. The highest BCUT2D eigenvalue weighted by Gasteiger charge is 2.49. The molecule has 1 aromatic heterocycles. The van der Waals surface area contributed by atoms with E-state index < -0.39 is 21.9 Å². The summed E-state index contributed by atoms with van der Waals surface area (Å²) >= 11 is 0. The standard InChI is InChI=1S/C24H37N5O6S/c1-24(2,3)34-23(31)26-16-8-10-28(11-9-16)36(32,33)29-18-6-7-19(29)13-17(12-18)25-22(30)20-14-21(35-27-20)15-4-5-15/h14-19H,4-13H2,1-3H3,(H,25,30)(H,26,31)/t17-,18-,19+. The first-order valence-electron chi connectivity index (χ1n) is 13.0. The van der Waals surface area contributed by atoms with Gasteiger partial charge in [-0.3, -0.25) is 4.79 Å². The molecule has 0 radical (unpaired) electrons. The summed E-state index contributed by atoms with van der Waals surface area (Å²) < 4.78 is 41.0. The molecule has 3 atom stereocenters. The molecule has 2 N–H and O–H groups in total. The quantitative estimate of drug-likeness (QED) is 0.585. The van der Waals surface area contributed by atoms with E-state index in [9.17, 15) is 18.0 Å². The van der Waals surface area contributed by atoms with Crippen LogP contribution in [0.5, 0.6) is 0 Å². The van der Waals surface area contributed by atoms with E-state index in [0.29, 0.717) is 50.4 Å². The van der Waals surface area contributed by atoms with E-state index >= 15 is 0 Å². The minimum atomic E-state index is -3.62. The topological polar surface area (TPSA) is 134 Å². The predicted molar refractivity (Wildman–Crippen MR) is 130 cm³/mol. The Morgan fingerprint density at radius 1 is 1.00 bits per heavy atom. The number of aromatic nitrogens is 1. The van der Waals surface area contributed by atoms with Gasteiger partial charge in [0, 0.05) is 49.2 Å². The van der Waals surface area contributed by atoms with Crippen molar-refractivity contribution in [2.75, 3.05) is 13.1 Å². The molecule has 0 spiro atoms. The normalized spacial score (nSPS) is 28.1. The van der Waals surface area contributed by atoms with Crippen molar-refractivity contribution >= 4 is 22.2 Å². The van der Waals surface area contributed by atoms with Crippen molar-refractivity contribution in [1.82, 2.24) is 24.4 Å². The number of rotatable bonds is 6. The van der Waals surface area contributed by atoms with Gasteiger partial charge >= 0.3 is 6.09 Å². The van der Waals surface area contributed by atoms with E-state index in [4.69, 9.17) is 9.26 Å². The first-order chi connectivity index (χ1) is 17.0. The van der Waals surface area contributed by atoms with Gasteiger partial charge < -0.3 is 19.9 Å². The molecule has 2 amide bonds. The van der Waals surface area contributed by atoms with Crippen molar-refractivity contribution in [3.8, 4) is 0 Å². The van der Waals surface area contributed by atoms with Crippen LogP contribution in [-0.2, 0) is 14.9 Å². The minimum Gasteiger partial charge on any atom is -0.444 e. The maximum atomic E-state index is 13.6. The molecule has 3 aliphatic heterocycles. The highest BCUT2D eigenvalue weighted by Crippen LogP contribution is 2.41. The van der Waals surface area contributed by atoms with Crippen LogP contribution < -0.4 is 10.6 Å². The molecule has 4 fully saturated rings. The van der Waals surface area contributed by atoms with Crippen LogP contribution in [0.4, 0.5) is 4.79 Å². The summed E-state index contributed by atoms with van der Waals surface area (Å²) in [7, 11) is -3.62. The van der Waals surface area contributed by atoms with E-state index in [1.807, 2.05) is 20.8 Å². The molecule has 2 bridgehead atoms. The van der Waals surface area contributed by atoms with Crippen LogP contribution in [0.15, 0.2) is 10.6 Å². The van der Waals surface area contributed by atoms with Crippen LogP contribution in [-0.4, -0.2) is 77.0 Å². The average Bonchev–Trinajstić information content (AvgIpc) is 3.44. The largest absolute Gasteiger partial charge is 0.444 e. The number of alkyl carbamates (subject to hydrolysis) is 1. The van der Waals surface area contributed by atoms with Crippen LogP contribution in [0.25, 0.3) is 0 Å². The molecular weight excluding hydrogens is 486 g/mol. The van der Waals surface area contributed by atoms with Crippen LogP contribution in [0, 0.1) is 0 Å². The van der Waals surface area contributed by atoms with Crippen molar-refractivity contribution in [2.45, 2.75) is 108 Å². The number of nitrogens with zero attached hydrogens (tertiary/aromatic N) is 3. The minimum absolute atomic E-state index is 0.0914. The molecule has 36 heavy (non-hydrogen) atoms. The summed E-state index contributed by atoms with van der Waals surface area (Å²) in [4.78, 5) is 24.8. The number of piperidine rings is 2. The molecule has 5 rings (SSSR count). The molecule has 1 aliphatic carbocycles. The Morgan fingerprint density at radius 2 is 1.64 bits per heavy atom. The van der Waals surface area contributed by atoms with E-state index in [1.165, 1.54) is 0 Å². The SMILES string of the molecule is CC(C)(C)OC(=O)NC1CCN(S(=O)(=O)N2[C@@H]3CC[C@H]2C[C@H](NC(=O)c2cc(C4CC4)on2)C3)CC1. The third-order valence-electron chi connectivity index (χ3n) is 7.51. The van der Waals surface area contributed by atoms with Gasteiger partial charge in [0.1, 0.15) is 11.4 Å². The second-order valence-electron chi connectivity index (χ2n) is 11.6. The smallest absolute Gasteiger partial charge is 0.407 e. The molecule has 0 aromatic carbocycles. The van der Waals surface area contributed by atoms with Gasteiger partial charge in [0.25, 0.3) is 16.1 Å². The number of ether oxygens (including phenoxy) is 1. The molecule has 4 aliphatic rings. The van der Waals surface area contributed by atoms with Crippen molar-refractivity contribution in [2.24, 2.45) is 0 Å². The Bertz CT molecular complexity index is 1070. The summed E-state index contributed by atoms with van der Waals surface area (Å²) in [6, 6.07) is 1.27. The van der Waals surface area contributed by atoms with Gasteiger partial charge in [-0.05, 0) is 72.1 Å². The van der Waals surface area contributed by atoms with Gasteiger partial charge in [-0.25, -0.2) is 4.79 Å². The van der Waals surface area contributed by atoms with Crippen molar-refractivity contribution < 1.29 is 27.3 Å². The lowest BCUT2D eigenvalue weighted by atomic mass is 9.99. The maximum absolute atomic E-state index is 13.6. The van der Waals surface area contributed by atoms with Crippen molar-refractivity contribution in [1.29, 1.82) is 0 Å². The molecule has 4 heterocycles. The Balaban J connectivity index is 1.14. The highest BCUT2D eigenvalue weighted by molar-refractivity contribution is 7.86. The Hall–Kier alpha value is -2.18. The summed E-state index contributed by atoms with van der Waals surface area (Å²) in [5.41, 5.74) is -0.282. The van der Waals surface area contributed by atoms with Gasteiger partial charge in [-0.2, -0.15) is 17.0 Å². The zero-order valence-electron chi connectivity index (χ0n) is 21.2. The summed E-state index contributed by atoms with van der Waals surface area (Å²) in [6.07, 6.45) is 5.53. The number of carbonyl (C=O) groups is 2. The Kier molecular flexibility index (Phi) is 6.80. The third kappa shape index (κ3) is 5.55. The molecule has 0 unspecified atom stereocenters. The zero-order chi connectivity index (χ0) is 25.7. The fraction of sp³-hybridized carbons (Fsp3) is 0.792. The van der Waals surface area contributed by atoms with E-state index in [2.05, 4.69) is 15.8 Å². The van der Waals surface area contributed by atoms with Gasteiger partial charge in [-0.1, -0.05) is 5.16 Å². The Morgan fingerprint density at radius 3 is 2.22 bits per heavy atom. The predicted octanol–water partition coefficient (Wildman–Crippen LogP) is 2.51. The molecule has 3 saturated heterocycles. The van der Waals surface area contributed by atoms with Gasteiger partial charge in [0.15, 0.2) is 5.69 Å². The number of hydrogen-bond donors (Lipinski definition) is 2. The lowest BCUT2D eigenvalue weighted by molar-refractivity contribution is 0.0488. The van der Waals surface area contributed by atoms with Crippen LogP contribution >= 0.6 is 0 Å². The second kappa shape index (κ2) is 9.60. The number of nitrogens with one attached hydrogen (secondary N) is 2. The lowest BCUT2D eigenvalue weighted by Gasteiger charge is -2.42. The summed E-state index contributed by atoms with van der Waals surface area (Å²) in [5, 5.41) is 9.83. The van der Waals surface area contributed by atoms with Gasteiger partial charge in [0.05, 0.1) is 0 Å². The number of hydrogen-bond acceptors (Lipinski definition) is 7. The maximum Gasteiger partial charge on any atom is 0.407 e. The second-order valence-corrected chi connectivity index (χ2v) is 13.4. The summed E-state index contributed by atoms with van der Waals surface area (Å²) in [6.45, 7) is 6.14. The van der Waals surface area contributed by atoms with E-state index in [-0.39, 0.29) is 30.1 Å². The van der Waals surface area contributed by atoms with Crippen molar-refractivity contribution in [3.05, 3.63) is 17.5 Å². The molecular formula is C24H37N5O6S. The van der Waals surface area contributed by atoms with Crippen LogP contribution in [0.2, 0.25) is 0 Å². The molecule has 1 aromatic rings. The Labute approximate surface area is 212 Å². The van der Waals surface area contributed by atoms with Gasteiger partial charge in [0.2, 0.25) is 0 Å². The van der Waals surface area contributed by atoms with E-state index in [0.717, 1.165) is 31.4 Å². The first kappa shape index (κ1) is 25.5. The molecule has 1 saturated carbocycles.